The maximum atomic E-state index is 12.8. The topological polar surface area (TPSA) is 54.0 Å². The van der Waals surface area contributed by atoms with E-state index in [1.54, 1.807) is 26.0 Å². The van der Waals surface area contributed by atoms with Crippen molar-refractivity contribution in [1.29, 1.82) is 0 Å². The van der Waals surface area contributed by atoms with E-state index in [0.717, 1.165) is 6.07 Å². The Morgan fingerprint density at radius 2 is 1.83 bits per heavy atom. The predicted molar refractivity (Wildman–Crippen MR) is 87.4 cm³/mol. The number of rotatable bonds is 4. The molecule has 128 valence electrons. The number of hydrogen-bond acceptors (Lipinski definition) is 3. The summed E-state index contributed by atoms with van der Waals surface area (Å²) in [6.45, 7) is 3.51. The van der Waals surface area contributed by atoms with E-state index < -0.39 is 11.7 Å². The molecule has 2 rings (SSSR count). The quantitative estimate of drug-likeness (QED) is 0.801. The summed E-state index contributed by atoms with van der Waals surface area (Å²) in [5.41, 5.74) is -0.205. The van der Waals surface area contributed by atoms with Crippen LogP contribution in [0.4, 0.5) is 30.4 Å². The highest BCUT2D eigenvalue weighted by Gasteiger charge is 2.33. The summed E-state index contributed by atoms with van der Waals surface area (Å²) in [7, 11) is 0. The Morgan fingerprint density at radius 1 is 1.17 bits per heavy atom. The van der Waals surface area contributed by atoms with Gasteiger partial charge in [0.05, 0.1) is 22.5 Å². The third-order valence-corrected chi connectivity index (χ3v) is 3.43. The number of halogens is 4. The minimum atomic E-state index is -4.53. The van der Waals surface area contributed by atoms with Crippen LogP contribution in [0.25, 0.3) is 0 Å². The maximum Gasteiger partial charge on any atom is 0.417 e. The summed E-state index contributed by atoms with van der Waals surface area (Å²) < 4.78 is 38.5. The van der Waals surface area contributed by atoms with Gasteiger partial charge in [0.25, 0.3) is 0 Å². The fourth-order valence-electron chi connectivity index (χ4n) is 1.80. The lowest BCUT2D eigenvalue weighted by atomic mass is 10.2. The number of hydrogen-bond donors (Lipinski definition) is 2. The summed E-state index contributed by atoms with van der Waals surface area (Å²) in [6.07, 6.45) is -3.12. The second-order valence-electron chi connectivity index (χ2n) is 5.39. The van der Waals surface area contributed by atoms with Gasteiger partial charge in [-0.3, -0.25) is 4.79 Å². The summed E-state index contributed by atoms with van der Waals surface area (Å²) in [6, 6.07) is 6.70. The molecule has 0 radical (unpaired) electrons. The van der Waals surface area contributed by atoms with Crippen molar-refractivity contribution in [2.75, 3.05) is 10.6 Å². The summed E-state index contributed by atoms with van der Waals surface area (Å²) in [4.78, 5) is 15.6. The molecule has 4 nitrogen and oxygen atoms in total. The van der Waals surface area contributed by atoms with Crippen LogP contribution >= 0.6 is 11.6 Å². The molecule has 0 saturated carbocycles. The fraction of sp³-hybridized carbons (Fsp3) is 0.250. The zero-order chi connectivity index (χ0) is 17.9. The SMILES string of the molecule is CC(C)C(=O)Nc1ccc(Nc2ccc(Cl)c(C(F)(F)F)c2)cn1. The van der Waals surface area contributed by atoms with E-state index >= 15 is 0 Å². The lowest BCUT2D eigenvalue weighted by molar-refractivity contribution is -0.137. The average Bonchev–Trinajstić information content (AvgIpc) is 2.50. The number of aromatic nitrogens is 1. The third-order valence-electron chi connectivity index (χ3n) is 3.10. The predicted octanol–water partition coefficient (Wildman–Crippen LogP) is 5.09. The van der Waals surface area contributed by atoms with Gasteiger partial charge < -0.3 is 10.6 Å². The van der Waals surface area contributed by atoms with Gasteiger partial charge in [0.15, 0.2) is 0 Å². The standard InChI is InChI=1S/C16H15ClF3N3O/c1-9(2)15(24)23-14-6-4-11(8-21-14)22-10-3-5-13(17)12(7-10)16(18,19)20/h3-9,22H,1-2H3,(H,21,23,24). The Kier molecular flexibility index (Phi) is 5.33. The highest BCUT2D eigenvalue weighted by molar-refractivity contribution is 6.31. The lowest BCUT2D eigenvalue weighted by Gasteiger charge is -2.13. The molecule has 0 saturated heterocycles. The molecule has 1 heterocycles. The van der Waals surface area contributed by atoms with E-state index in [2.05, 4.69) is 15.6 Å². The van der Waals surface area contributed by atoms with Crippen molar-refractivity contribution < 1.29 is 18.0 Å². The van der Waals surface area contributed by atoms with Gasteiger partial charge in [-0.15, -0.1) is 0 Å². The van der Waals surface area contributed by atoms with Crippen LogP contribution in [0.1, 0.15) is 19.4 Å². The van der Waals surface area contributed by atoms with Crippen molar-refractivity contribution in [2.45, 2.75) is 20.0 Å². The highest BCUT2D eigenvalue weighted by Crippen LogP contribution is 2.36. The monoisotopic (exact) mass is 357 g/mol. The number of benzene rings is 1. The van der Waals surface area contributed by atoms with Crippen LogP contribution in [-0.4, -0.2) is 10.9 Å². The van der Waals surface area contributed by atoms with Gasteiger partial charge in [0.1, 0.15) is 5.82 Å². The number of carbonyl (C=O) groups excluding carboxylic acids is 1. The van der Waals surface area contributed by atoms with Crippen LogP contribution < -0.4 is 10.6 Å². The zero-order valence-corrected chi connectivity index (χ0v) is 13.7. The van der Waals surface area contributed by atoms with Crippen molar-refractivity contribution in [3.8, 4) is 0 Å². The molecule has 24 heavy (non-hydrogen) atoms. The van der Waals surface area contributed by atoms with Crippen molar-refractivity contribution in [3.05, 3.63) is 47.1 Å². The molecule has 0 spiro atoms. The van der Waals surface area contributed by atoms with Crippen molar-refractivity contribution in [1.82, 2.24) is 4.98 Å². The van der Waals surface area contributed by atoms with Gasteiger partial charge in [0.2, 0.25) is 5.91 Å². The first-order valence-electron chi connectivity index (χ1n) is 7.07. The minimum absolute atomic E-state index is 0.171. The maximum absolute atomic E-state index is 12.8. The second-order valence-corrected chi connectivity index (χ2v) is 5.80. The summed E-state index contributed by atoms with van der Waals surface area (Å²) >= 11 is 5.58. The van der Waals surface area contributed by atoms with Gasteiger partial charge in [-0.1, -0.05) is 25.4 Å². The van der Waals surface area contributed by atoms with Crippen LogP contribution in [-0.2, 0) is 11.0 Å². The van der Waals surface area contributed by atoms with E-state index in [-0.39, 0.29) is 22.5 Å². The Bertz CT molecular complexity index is 730. The Hall–Kier alpha value is -2.28. The van der Waals surface area contributed by atoms with E-state index in [0.29, 0.717) is 11.5 Å². The first-order chi connectivity index (χ1) is 11.2. The molecule has 1 amide bonds. The number of anilines is 3. The van der Waals surface area contributed by atoms with Crippen molar-refractivity contribution in [2.24, 2.45) is 5.92 Å². The molecule has 2 aromatic rings. The smallest absolute Gasteiger partial charge is 0.354 e. The Labute approximate surface area is 142 Å². The molecule has 0 bridgehead atoms. The number of nitrogens with one attached hydrogen (secondary N) is 2. The fourth-order valence-corrected chi connectivity index (χ4v) is 2.02. The molecule has 0 unspecified atom stereocenters. The third kappa shape index (κ3) is 4.61. The minimum Gasteiger partial charge on any atom is -0.354 e. The summed E-state index contributed by atoms with van der Waals surface area (Å²) in [5.74, 6) is 0.0153. The van der Waals surface area contributed by atoms with Crippen LogP contribution in [0.15, 0.2) is 36.5 Å². The van der Waals surface area contributed by atoms with Gasteiger partial charge in [0, 0.05) is 11.6 Å². The lowest BCUT2D eigenvalue weighted by Crippen LogP contribution is -2.18. The van der Waals surface area contributed by atoms with Crippen LogP contribution in [0.5, 0.6) is 0 Å². The molecule has 0 fully saturated rings. The molecule has 0 atom stereocenters. The van der Waals surface area contributed by atoms with Gasteiger partial charge in [-0.05, 0) is 30.3 Å². The normalized spacial score (nSPS) is 11.5. The zero-order valence-electron chi connectivity index (χ0n) is 12.9. The van der Waals surface area contributed by atoms with E-state index in [9.17, 15) is 18.0 Å². The van der Waals surface area contributed by atoms with Gasteiger partial charge >= 0.3 is 6.18 Å². The van der Waals surface area contributed by atoms with Gasteiger partial charge in [-0.25, -0.2) is 4.98 Å². The van der Waals surface area contributed by atoms with E-state index in [4.69, 9.17) is 11.6 Å². The molecule has 0 aliphatic carbocycles. The van der Waals surface area contributed by atoms with Gasteiger partial charge in [-0.2, -0.15) is 13.2 Å². The number of alkyl halides is 3. The highest BCUT2D eigenvalue weighted by atomic mass is 35.5. The Morgan fingerprint density at radius 3 is 2.38 bits per heavy atom. The molecule has 0 aliphatic heterocycles. The van der Waals surface area contributed by atoms with Crippen LogP contribution in [0.2, 0.25) is 5.02 Å². The number of amides is 1. The average molecular weight is 358 g/mol. The van der Waals surface area contributed by atoms with E-state index in [1.165, 1.54) is 18.3 Å². The molecule has 1 aromatic heterocycles. The molecule has 8 heteroatoms. The van der Waals surface area contributed by atoms with Crippen LogP contribution in [0, 0.1) is 5.92 Å². The number of carbonyl (C=O) groups is 1. The first kappa shape index (κ1) is 18.1. The number of nitrogens with zero attached hydrogens (tertiary/aromatic N) is 1. The molecular formula is C16H15ClF3N3O. The summed E-state index contributed by atoms with van der Waals surface area (Å²) in [5, 5.41) is 5.07. The largest absolute Gasteiger partial charge is 0.417 e. The van der Waals surface area contributed by atoms with Crippen molar-refractivity contribution >= 4 is 34.7 Å². The molecule has 2 N–H and O–H groups in total. The molecule has 1 aromatic carbocycles. The van der Waals surface area contributed by atoms with Crippen molar-refractivity contribution in [3.63, 3.8) is 0 Å². The second kappa shape index (κ2) is 7.09. The Balaban J connectivity index is 2.13. The molecule has 0 aliphatic rings. The van der Waals surface area contributed by atoms with E-state index in [1.807, 2.05) is 0 Å². The molecular weight excluding hydrogens is 343 g/mol. The number of pyridine rings is 1. The van der Waals surface area contributed by atoms with Crippen LogP contribution in [0.3, 0.4) is 0 Å². The first-order valence-corrected chi connectivity index (χ1v) is 7.45.